The fourth-order valence-corrected chi connectivity index (χ4v) is 3.45. The minimum absolute atomic E-state index is 0.589. The molecule has 0 aromatic heterocycles. The van der Waals surface area contributed by atoms with Gasteiger partial charge in [-0.3, -0.25) is 0 Å². The topological polar surface area (TPSA) is 90.9 Å². The number of rotatable bonds is 19. The first-order valence-electron chi connectivity index (χ1n) is 11.7. The number of quaternary nitrogens is 1. The predicted molar refractivity (Wildman–Crippen MR) is 117 cm³/mol. The molecule has 0 aromatic carbocycles. The average molecular weight is 405 g/mol. The zero-order valence-corrected chi connectivity index (χ0v) is 18.9. The van der Waals surface area contributed by atoms with Gasteiger partial charge in [-0.05, 0) is 12.8 Å². The van der Waals surface area contributed by atoms with Crippen LogP contribution in [0.3, 0.4) is 0 Å². The molecule has 170 valence electrons. The SMILES string of the molecule is CCCCCCCCCCCCCCCCCC[NH+](O)CC(C)C.O=[N+]([O-])[O-]. The summed E-state index contributed by atoms with van der Waals surface area (Å²) in [6.45, 7) is 8.44. The van der Waals surface area contributed by atoms with Crippen LogP contribution in [0.2, 0.25) is 0 Å². The lowest BCUT2D eigenvalue weighted by Gasteiger charge is -2.12. The second-order valence-corrected chi connectivity index (χ2v) is 8.44. The molecule has 0 radical (unpaired) electrons. The molecule has 0 aliphatic carbocycles. The third-order valence-electron chi connectivity index (χ3n) is 4.96. The Hall–Kier alpha value is -0.880. The first-order chi connectivity index (χ1) is 13.4. The van der Waals surface area contributed by atoms with Gasteiger partial charge in [0.15, 0.2) is 0 Å². The Balaban J connectivity index is 0. The van der Waals surface area contributed by atoms with Crippen molar-refractivity contribution in [1.29, 1.82) is 0 Å². The predicted octanol–water partition coefficient (Wildman–Crippen LogP) is 5.94. The maximum absolute atomic E-state index is 9.75. The van der Waals surface area contributed by atoms with Crippen LogP contribution in [0.5, 0.6) is 0 Å². The molecule has 0 amide bonds. The van der Waals surface area contributed by atoms with Gasteiger partial charge >= 0.3 is 0 Å². The van der Waals surface area contributed by atoms with Crippen LogP contribution in [0.25, 0.3) is 0 Å². The van der Waals surface area contributed by atoms with Crippen LogP contribution < -0.4 is 5.06 Å². The summed E-state index contributed by atoms with van der Waals surface area (Å²) in [5.74, 6) is 0.589. The van der Waals surface area contributed by atoms with E-state index in [1.54, 1.807) is 0 Å². The molecule has 0 aliphatic rings. The van der Waals surface area contributed by atoms with Gasteiger partial charge < -0.3 is 15.3 Å². The monoisotopic (exact) mass is 404 g/mol. The zero-order valence-electron chi connectivity index (χ0n) is 18.9. The summed E-state index contributed by atoms with van der Waals surface area (Å²) in [4.78, 5) is 8.25. The van der Waals surface area contributed by atoms with Crippen molar-refractivity contribution >= 4 is 0 Å². The summed E-state index contributed by atoms with van der Waals surface area (Å²) < 4.78 is 0. The molecule has 6 nitrogen and oxygen atoms in total. The average Bonchev–Trinajstić information content (AvgIpc) is 2.60. The maximum Gasteiger partial charge on any atom is 0.109 e. The molecule has 0 saturated carbocycles. The molecule has 0 bridgehead atoms. The van der Waals surface area contributed by atoms with Crippen LogP contribution >= 0.6 is 0 Å². The molecule has 0 heterocycles. The summed E-state index contributed by atoms with van der Waals surface area (Å²) in [5.41, 5.74) is 0. The van der Waals surface area contributed by atoms with E-state index in [0.717, 1.165) is 18.2 Å². The zero-order chi connectivity index (χ0) is 21.5. The Morgan fingerprint density at radius 2 is 1.00 bits per heavy atom. The molecule has 1 atom stereocenters. The standard InChI is InChI=1S/C22H47NO.NO3/c1-4-5-6-7-8-9-10-11-12-13-14-15-16-17-18-19-20-23(24)21-22(2)3;2-1(3)4/h22,24H,4-21H2,1-3H3;/q;-1/p+1. The normalized spacial score (nSPS) is 11.9. The quantitative estimate of drug-likeness (QED) is 0.158. The Morgan fingerprint density at radius 3 is 1.29 bits per heavy atom. The van der Waals surface area contributed by atoms with E-state index in [1.807, 2.05) is 0 Å². The summed E-state index contributed by atoms with van der Waals surface area (Å²) in [6, 6.07) is 0. The van der Waals surface area contributed by atoms with Crippen LogP contribution in [0.1, 0.15) is 124 Å². The van der Waals surface area contributed by atoms with E-state index >= 15 is 0 Å². The molecule has 0 aliphatic heterocycles. The van der Waals surface area contributed by atoms with E-state index in [1.165, 1.54) is 103 Å². The molecule has 0 saturated heterocycles. The molecule has 0 spiro atoms. The van der Waals surface area contributed by atoms with E-state index in [9.17, 15) is 5.21 Å². The van der Waals surface area contributed by atoms with Crippen molar-refractivity contribution in [1.82, 2.24) is 0 Å². The number of unbranched alkanes of at least 4 members (excludes halogenated alkanes) is 15. The Bertz CT molecular complexity index is 311. The summed E-state index contributed by atoms with van der Waals surface area (Å²) in [5, 5.41) is 25.2. The number of nitrogens with one attached hydrogen (secondary N) is 1. The molecule has 0 fully saturated rings. The van der Waals surface area contributed by atoms with E-state index in [0.29, 0.717) is 5.92 Å². The van der Waals surface area contributed by atoms with Gasteiger partial charge in [0.2, 0.25) is 0 Å². The Kier molecular flexibility index (Phi) is 25.3. The Labute approximate surface area is 173 Å². The van der Waals surface area contributed by atoms with Crippen molar-refractivity contribution in [2.45, 2.75) is 124 Å². The molecular formula is C22H48N2O4. The third-order valence-corrected chi connectivity index (χ3v) is 4.96. The number of hydroxylamine groups is 2. The fraction of sp³-hybridized carbons (Fsp3) is 1.00. The smallest absolute Gasteiger partial charge is 0.109 e. The van der Waals surface area contributed by atoms with Gasteiger partial charge in [0.05, 0.1) is 5.09 Å². The summed E-state index contributed by atoms with van der Waals surface area (Å²) in [7, 11) is 0. The van der Waals surface area contributed by atoms with E-state index in [4.69, 9.17) is 15.3 Å². The summed E-state index contributed by atoms with van der Waals surface area (Å²) in [6.07, 6.45) is 22.5. The lowest BCUT2D eigenvalue weighted by Crippen LogP contribution is -3.10. The van der Waals surface area contributed by atoms with E-state index in [2.05, 4.69) is 20.8 Å². The highest BCUT2D eigenvalue weighted by Crippen LogP contribution is 2.13. The second-order valence-electron chi connectivity index (χ2n) is 8.44. The van der Waals surface area contributed by atoms with Crippen LogP contribution in [0.4, 0.5) is 0 Å². The molecule has 0 aromatic rings. The van der Waals surface area contributed by atoms with Gasteiger partial charge in [0.1, 0.15) is 13.1 Å². The van der Waals surface area contributed by atoms with Gasteiger partial charge in [-0.2, -0.15) is 5.06 Å². The summed E-state index contributed by atoms with van der Waals surface area (Å²) >= 11 is 0. The Morgan fingerprint density at radius 1 is 0.714 bits per heavy atom. The van der Waals surface area contributed by atoms with Crippen LogP contribution in [-0.4, -0.2) is 23.4 Å². The highest BCUT2D eigenvalue weighted by molar-refractivity contribution is 4.49. The minimum atomic E-state index is -1.75. The van der Waals surface area contributed by atoms with Crippen molar-refractivity contribution in [2.75, 3.05) is 13.1 Å². The highest BCUT2D eigenvalue weighted by atomic mass is 16.9. The molecular weight excluding hydrogens is 356 g/mol. The molecule has 0 rings (SSSR count). The maximum atomic E-state index is 9.75. The number of hydrogen-bond acceptors (Lipinski definition) is 4. The number of hydrogen-bond donors (Lipinski definition) is 2. The van der Waals surface area contributed by atoms with Gasteiger partial charge in [-0.1, -0.05) is 111 Å². The van der Waals surface area contributed by atoms with Gasteiger partial charge in [0, 0.05) is 5.92 Å². The van der Waals surface area contributed by atoms with Gasteiger partial charge in [-0.25, -0.2) is 5.21 Å². The van der Waals surface area contributed by atoms with Gasteiger partial charge in [0.25, 0.3) is 0 Å². The first-order valence-corrected chi connectivity index (χ1v) is 11.7. The lowest BCUT2D eigenvalue weighted by atomic mass is 10.0. The second kappa shape index (κ2) is 24.2. The largest absolute Gasteiger partial charge is 0.356 e. The van der Waals surface area contributed by atoms with E-state index < -0.39 is 5.09 Å². The minimum Gasteiger partial charge on any atom is -0.356 e. The first kappa shape index (κ1) is 29.3. The third kappa shape index (κ3) is 32.8. The van der Waals surface area contributed by atoms with Crippen molar-refractivity contribution in [3.05, 3.63) is 15.3 Å². The van der Waals surface area contributed by atoms with Crippen molar-refractivity contribution in [3.63, 3.8) is 0 Å². The lowest BCUT2D eigenvalue weighted by molar-refractivity contribution is -1.09. The van der Waals surface area contributed by atoms with Crippen LogP contribution in [0.15, 0.2) is 0 Å². The van der Waals surface area contributed by atoms with Crippen LogP contribution in [0, 0.1) is 21.2 Å². The molecule has 1 unspecified atom stereocenters. The molecule has 6 heteroatoms. The van der Waals surface area contributed by atoms with Crippen molar-refractivity contribution in [3.8, 4) is 0 Å². The highest BCUT2D eigenvalue weighted by Gasteiger charge is 2.06. The molecule has 28 heavy (non-hydrogen) atoms. The van der Waals surface area contributed by atoms with Crippen molar-refractivity contribution < 1.29 is 15.4 Å². The fourth-order valence-electron chi connectivity index (χ4n) is 3.45. The van der Waals surface area contributed by atoms with Crippen molar-refractivity contribution in [2.24, 2.45) is 5.92 Å². The number of nitrogens with zero attached hydrogens (tertiary/aromatic N) is 1. The van der Waals surface area contributed by atoms with E-state index in [-0.39, 0.29) is 0 Å². The molecule has 2 N–H and O–H groups in total. The van der Waals surface area contributed by atoms with Crippen LogP contribution in [-0.2, 0) is 0 Å². The van der Waals surface area contributed by atoms with Gasteiger partial charge in [-0.15, -0.1) is 0 Å².